The first kappa shape index (κ1) is 19.6. The summed E-state index contributed by atoms with van der Waals surface area (Å²) in [5.74, 6) is 0.727. The van der Waals surface area contributed by atoms with Crippen LogP contribution in [-0.2, 0) is 10.0 Å². The normalized spacial score (nSPS) is 19.2. The summed E-state index contributed by atoms with van der Waals surface area (Å²) in [6.45, 7) is 0.888. The van der Waals surface area contributed by atoms with Crippen LogP contribution in [0, 0.1) is 0 Å². The van der Waals surface area contributed by atoms with E-state index in [-0.39, 0.29) is 17.3 Å². The van der Waals surface area contributed by atoms with E-state index in [0.717, 1.165) is 18.5 Å². The quantitative estimate of drug-likeness (QED) is 0.661. The Hall–Kier alpha value is -2.40. The van der Waals surface area contributed by atoms with Crippen molar-refractivity contribution < 1.29 is 17.2 Å². The average molecular weight is 436 g/mol. The molecule has 1 N–H and O–H groups in total. The number of fused-ring (bicyclic) bond motifs is 3. The second kappa shape index (κ2) is 7.09. The first-order valence-electron chi connectivity index (χ1n) is 9.98. The predicted octanol–water partition coefficient (Wildman–Crippen LogP) is 2.93. The van der Waals surface area contributed by atoms with Crippen LogP contribution in [0.5, 0.6) is 0 Å². The van der Waals surface area contributed by atoms with Crippen molar-refractivity contribution in [1.29, 1.82) is 0 Å². The van der Waals surface area contributed by atoms with E-state index in [1.54, 1.807) is 16.8 Å². The number of pyridine rings is 1. The van der Waals surface area contributed by atoms with Gasteiger partial charge in [0, 0.05) is 48.5 Å². The zero-order chi connectivity index (χ0) is 21.0. The zero-order valence-electron chi connectivity index (χ0n) is 16.4. The molecular weight excluding hydrogens is 414 g/mol. The zero-order valence-corrected chi connectivity index (χ0v) is 17.2. The van der Waals surface area contributed by atoms with Gasteiger partial charge < -0.3 is 5.32 Å². The molecule has 0 amide bonds. The van der Waals surface area contributed by atoms with E-state index in [9.17, 15) is 17.2 Å². The first-order chi connectivity index (χ1) is 14.3. The Morgan fingerprint density at radius 3 is 2.47 bits per heavy atom. The van der Waals surface area contributed by atoms with Gasteiger partial charge in [-0.1, -0.05) is 0 Å². The molecule has 0 bridgehead atoms. The van der Waals surface area contributed by atoms with Gasteiger partial charge in [0.2, 0.25) is 16.0 Å². The third-order valence-corrected chi connectivity index (χ3v) is 7.16. The van der Waals surface area contributed by atoms with E-state index in [4.69, 9.17) is 0 Å². The molecule has 160 valence electrons. The van der Waals surface area contributed by atoms with Gasteiger partial charge in [0.25, 0.3) is 6.43 Å². The molecule has 3 aromatic heterocycles. The molecule has 1 aliphatic carbocycles. The number of anilines is 1. The van der Waals surface area contributed by atoms with Crippen molar-refractivity contribution in [2.75, 3.05) is 24.7 Å². The van der Waals surface area contributed by atoms with Crippen LogP contribution in [0.1, 0.15) is 49.3 Å². The maximum atomic E-state index is 13.6. The molecule has 2 fully saturated rings. The fourth-order valence-corrected chi connectivity index (χ4v) is 4.97. The van der Waals surface area contributed by atoms with Gasteiger partial charge in [-0.15, -0.1) is 0 Å². The number of halogens is 2. The highest BCUT2D eigenvalue weighted by Gasteiger charge is 2.30. The third kappa shape index (κ3) is 3.49. The van der Waals surface area contributed by atoms with Crippen LogP contribution in [0.25, 0.3) is 16.7 Å². The highest BCUT2D eigenvalue weighted by molar-refractivity contribution is 7.88. The lowest BCUT2D eigenvalue weighted by Gasteiger charge is -2.30. The van der Waals surface area contributed by atoms with Gasteiger partial charge in [-0.05, 0) is 31.7 Å². The number of aromatic nitrogens is 4. The molecule has 3 aromatic rings. The maximum absolute atomic E-state index is 13.6. The van der Waals surface area contributed by atoms with Gasteiger partial charge in [-0.3, -0.25) is 4.40 Å². The van der Waals surface area contributed by atoms with E-state index in [2.05, 4.69) is 20.3 Å². The molecule has 2 aliphatic rings. The Balaban J connectivity index is 1.49. The van der Waals surface area contributed by atoms with Crippen molar-refractivity contribution >= 4 is 32.7 Å². The molecule has 8 nitrogen and oxygen atoms in total. The average Bonchev–Trinajstić information content (AvgIpc) is 3.45. The Morgan fingerprint density at radius 1 is 1.10 bits per heavy atom. The number of hydrogen-bond acceptors (Lipinski definition) is 6. The molecule has 30 heavy (non-hydrogen) atoms. The SMILES string of the molecule is CS(=O)(=O)N1CCC(Nc2ncc3cc(C(F)F)c4ncc(C5CC5)n4c3n2)CC1. The molecule has 11 heteroatoms. The third-order valence-electron chi connectivity index (χ3n) is 5.85. The molecular formula is C19H22F2N6O2S. The topological polar surface area (TPSA) is 92.5 Å². The molecule has 0 radical (unpaired) electrons. The van der Waals surface area contributed by atoms with Crippen molar-refractivity contribution in [3.63, 3.8) is 0 Å². The number of rotatable bonds is 5. The van der Waals surface area contributed by atoms with Crippen LogP contribution >= 0.6 is 0 Å². The van der Waals surface area contributed by atoms with Crippen LogP contribution < -0.4 is 5.32 Å². The van der Waals surface area contributed by atoms with Gasteiger partial charge >= 0.3 is 0 Å². The fraction of sp³-hybridized carbons (Fsp3) is 0.526. The Kier molecular flexibility index (Phi) is 4.62. The van der Waals surface area contributed by atoms with Crippen LogP contribution in [0.15, 0.2) is 18.5 Å². The second-order valence-corrected chi connectivity index (χ2v) is 10.1. The molecule has 0 aromatic carbocycles. The molecule has 1 saturated heterocycles. The van der Waals surface area contributed by atoms with Gasteiger partial charge in [0.1, 0.15) is 5.65 Å². The number of sulfonamides is 1. The van der Waals surface area contributed by atoms with E-state index in [1.165, 1.54) is 16.6 Å². The largest absolute Gasteiger partial charge is 0.351 e. The van der Waals surface area contributed by atoms with Crippen molar-refractivity contribution in [3.05, 3.63) is 29.7 Å². The number of hydrogen-bond donors (Lipinski definition) is 1. The predicted molar refractivity (Wildman–Crippen MR) is 108 cm³/mol. The molecule has 0 spiro atoms. The minimum atomic E-state index is -3.18. The minimum Gasteiger partial charge on any atom is -0.351 e. The lowest BCUT2D eigenvalue weighted by Crippen LogP contribution is -2.42. The number of alkyl halides is 2. The Morgan fingerprint density at radius 2 is 1.83 bits per heavy atom. The summed E-state index contributed by atoms with van der Waals surface area (Å²) in [5, 5.41) is 3.82. The van der Waals surface area contributed by atoms with Gasteiger partial charge in [0.05, 0.1) is 11.8 Å². The van der Waals surface area contributed by atoms with Crippen molar-refractivity contribution in [3.8, 4) is 0 Å². The molecule has 4 heterocycles. The molecule has 0 unspecified atom stereocenters. The van der Waals surface area contributed by atoms with E-state index in [0.29, 0.717) is 48.8 Å². The second-order valence-electron chi connectivity index (χ2n) is 8.07. The number of nitrogens with zero attached hydrogens (tertiary/aromatic N) is 5. The summed E-state index contributed by atoms with van der Waals surface area (Å²) in [6.07, 6.45) is 5.14. The van der Waals surface area contributed by atoms with Gasteiger partial charge in [-0.2, -0.15) is 4.98 Å². The summed E-state index contributed by atoms with van der Waals surface area (Å²) in [6, 6.07) is 1.45. The minimum absolute atomic E-state index is 0.0435. The molecule has 1 saturated carbocycles. The van der Waals surface area contributed by atoms with Crippen LogP contribution in [0.2, 0.25) is 0 Å². The van der Waals surface area contributed by atoms with Crippen LogP contribution in [-0.4, -0.2) is 57.5 Å². The number of imidazole rings is 1. The fourth-order valence-electron chi connectivity index (χ4n) is 4.10. The highest BCUT2D eigenvalue weighted by Crippen LogP contribution is 2.42. The van der Waals surface area contributed by atoms with Crippen molar-refractivity contribution in [2.24, 2.45) is 0 Å². The van der Waals surface area contributed by atoms with E-state index in [1.807, 2.05) is 0 Å². The standard InChI is InChI=1S/C19H22F2N6O2S/c1-30(28,29)26-6-4-13(5-7-26)24-19-23-9-12-8-14(16(20)21)18-22-10-15(11-2-3-11)27(18)17(12)25-19/h8-11,13,16H,2-7H2,1H3,(H,23,24,25). The lowest BCUT2D eigenvalue weighted by molar-refractivity contribution is 0.152. The van der Waals surface area contributed by atoms with Gasteiger partial charge in [0.15, 0.2) is 5.65 Å². The van der Waals surface area contributed by atoms with Crippen molar-refractivity contribution in [1.82, 2.24) is 23.7 Å². The first-order valence-corrected chi connectivity index (χ1v) is 11.8. The van der Waals surface area contributed by atoms with E-state index >= 15 is 0 Å². The van der Waals surface area contributed by atoms with Crippen LogP contribution in [0.3, 0.4) is 0 Å². The molecule has 5 rings (SSSR count). The monoisotopic (exact) mass is 436 g/mol. The smallest absolute Gasteiger partial charge is 0.267 e. The van der Waals surface area contributed by atoms with E-state index < -0.39 is 16.4 Å². The number of piperidine rings is 1. The molecule has 0 atom stereocenters. The summed E-state index contributed by atoms with van der Waals surface area (Å²) in [5.41, 5.74) is 1.58. The van der Waals surface area contributed by atoms with Gasteiger partial charge in [-0.25, -0.2) is 31.5 Å². The Labute approximate surface area is 172 Å². The van der Waals surface area contributed by atoms with Crippen molar-refractivity contribution in [2.45, 2.75) is 44.1 Å². The summed E-state index contributed by atoms with van der Waals surface area (Å²) in [4.78, 5) is 13.2. The number of nitrogens with one attached hydrogen (secondary N) is 1. The lowest BCUT2D eigenvalue weighted by atomic mass is 10.1. The van der Waals surface area contributed by atoms with Crippen LogP contribution in [0.4, 0.5) is 14.7 Å². The molecule has 1 aliphatic heterocycles. The highest BCUT2D eigenvalue weighted by atomic mass is 32.2. The Bertz CT molecular complexity index is 1220. The summed E-state index contributed by atoms with van der Waals surface area (Å²) >= 11 is 0. The summed E-state index contributed by atoms with van der Waals surface area (Å²) in [7, 11) is -3.18. The maximum Gasteiger partial charge on any atom is 0.267 e. The summed E-state index contributed by atoms with van der Waals surface area (Å²) < 4.78 is 53.8.